The Labute approximate surface area is 117 Å². The van der Waals surface area contributed by atoms with Gasteiger partial charge < -0.3 is 15.1 Å². The number of rotatable bonds is 2. The molecule has 1 aromatic carbocycles. The zero-order valence-corrected chi connectivity index (χ0v) is 11.0. The standard InChI is InChI=1S/C12H12F3NO3S/c13-12(14,15)20-8-3-1-7(2-4-8)11(19)16-5-9(17)10(18)6-16/h1-4,9-10,17-18H,5-6H2/t9-,10+. The van der Waals surface area contributed by atoms with E-state index in [2.05, 4.69) is 0 Å². The van der Waals surface area contributed by atoms with E-state index in [1.54, 1.807) is 0 Å². The fourth-order valence-corrected chi connectivity index (χ4v) is 2.46. The zero-order valence-electron chi connectivity index (χ0n) is 10.2. The molecule has 1 aliphatic rings. The van der Waals surface area contributed by atoms with Crippen LogP contribution in [-0.2, 0) is 0 Å². The van der Waals surface area contributed by atoms with Crippen molar-refractivity contribution >= 4 is 17.7 Å². The fourth-order valence-electron chi connectivity index (χ4n) is 1.92. The molecule has 4 nitrogen and oxygen atoms in total. The molecule has 2 atom stereocenters. The number of nitrogens with zero attached hydrogens (tertiary/aromatic N) is 1. The van der Waals surface area contributed by atoms with E-state index >= 15 is 0 Å². The number of hydrogen-bond acceptors (Lipinski definition) is 4. The minimum Gasteiger partial charge on any atom is -0.388 e. The number of aliphatic hydroxyl groups is 2. The van der Waals surface area contributed by atoms with Gasteiger partial charge in [-0.25, -0.2) is 0 Å². The third-order valence-electron chi connectivity index (χ3n) is 2.88. The predicted octanol–water partition coefficient (Wildman–Crippen LogP) is 1.48. The largest absolute Gasteiger partial charge is 0.446 e. The minimum atomic E-state index is -4.37. The summed E-state index contributed by atoms with van der Waals surface area (Å²) in [6, 6.07) is 5.03. The molecule has 2 N–H and O–H groups in total. The number of hydrogen-bond donors (Lipinski definition) is 2. The first-order chi connectivity index (χ1) is 9.26. The van der Waals surface area contributed by atoms with Gasteiger partial charge in [0.15, 0.2) is 0 Å². The predicted molar refractivity (Wildman–Crippen MR) is 66.3 cm³/mol. The van der Waals surface area contributed by atoms with Crippen molar-refractivity contribution in [3.63, 3.8) is 0 Å². The number of likely N-dealkylation sites (tertiary alicyclic amines) is 1. The van der Waals surface area contributed by atoms with Crippen molar-refractivity contribution in [2.45, 2.75) is 22.6 Å². The second-order valence-electron chi connectivity index (χ2n) is 4.42. The van der Waals surface area contributed by atoms with E-state index in [1.165, 1.54) is 29.2 Å². The highest BCUT2D eigenvalue weighted by atomic mass is 32.2. The average Bonchev–Trinajstić information content (AvgIpc) is 2.68. The summed E-state index contributed by atoms with van der Waals surface area (Å²) in [5, 5.41) is 18.7. The highest BCUT2D eigenvalue weighted by Crippen LogP contribution is 2.36. The summed E-state index contributed by atoms with van der Waals surface area (Å²) in [5.41, 5.74) is -4.15. The molecule has 110 valence electrons. The monoisotopic (exact) mass is 307 g/mol. The molecule has 0 saturated carbocycles. The summed E-state index contributed by atoms with van der Waals surface area (Å²) in [6.45, 7) is 0.0259. The van der Waals surface area contributed by atoms with Gasteiger partial charge in [0.1, 0.15) is 0 Å². The van der Waals surface area contributed by atoms with E-state index in [9.17, 15) is 28.2 Å². The van der Waals surface area contributed by atoms with Gasteiger partial charge in [-0.3, -0.25) is 4.79 Å². The normalized spacial score (nSPS) is 23.1. The maximum absolute atomic E-state index is 12.2. The lowest BCUT2D eigenvalue weighted by Crippen LogP contribution is -2.29. The van der Waals surface area contributed by atoms with E-state index in [4.69, 9.17) is 0 Å². The molecule has 0 bridgehead atoms. The van der Waals surface area contributed by atoms with Crippen molar-refractivity contribution in [2.75, 3.05) is 13.1 Å². The highest BCUT2D eigenvalue weighted by molar-refractivity contribution is 8.00. The van der Waals surface area contributed by atoms with Gasteiger partial charge in [0.2, 0.25) is 0 Å². The van der Waals surface area contributed by atoms with Gasteiger partial charge in [-0.05, 0) is 36.0 Å². The van der Waals surface area contributed by atoms with Crippen LogP contribution in [0.5, 0.6) is 0 Å². The molecule has 8 heteroatoms. The Balaban J connectivity index is 2.05. The number of halogens is 3. The molecule has 0 aliphatic carbocycles. The quantitative estimate of drug-likeness (QED) is 0.813. The number of aliphatic hydroxyl groups excluding tert-OH is 2. The van der Waals surface area contributed by atoms with Crippen molar-refractivity contribution in [1.82, 2.24) is 4.90 Å². The van der Waals surface area contributed by atoms with E-state index in [0.717, 1.165) is 0 Å². The molecular formula is C12H12F3NO3S. The lowest BCUT2D eigenvalue weighted by Gasteiger charge is -2.15. The van der Waals surface area contributed by atoms with Crippen molar-refractivity contribution < 1.29 is 28.2 Å². The smallest absolute Gasteiger partial charge is 0.388 e. The Morgan fingerprint density at radius 3 is 2.10 bits per heavy atom. The number of β-amino-alcohol motifs (C(OH)–C–C–N with tert-alkyl or cyclic N) is 2. The fraction of sp³-hybridized carbons (Fsp3) is 0.417. The summed E-state index contributed by atoms with van der Waals surface area (Å²) >= 11 is -0.251. The third kappa shape index (κ3) is 3.65. The first kappa shape index (κ1) is 15.1. The lowest BCUT2D eigenvalue weighted by molar-refractivity contribution is -0.0328. The Kier molecular flexibility index (Phi) is 4.26. The molecule has 2 rings (SSSR count). The summed E-state index contributed by atoms with van der Waals surface area (Å²) < 4.78 is 36.5. The van der Waals surface area contributed by atoms with Crippen LogP contribution in [0.1, 0.15) is 10.4 Å². The van der Waals surface area contributed by atoms with Crippen molar-refractivity contribution in [3.05, 3.63) is 29.8 Å². The second-order valence-corrected chi connectivity index (χ2v) is 5.56. The number of alkyl halides is 3. The first-order valence-corrected chi connectivity index (χ1v) is 6.59. The van der Waals surface area contributed by atoms with Gasteiger partial charge in [0.05, 0.1) is 12.2 Å². The molecule has 20 heavy (non-hydrogen) atoms. The van der Waals surface area contributed by atoms with Crippen LogP contribution in [0, 0.1) is 0 Å². The molecular weight excluding hydrogens is 295 g/mol. The summed E-state index contributed by atoms with van der Waals surface area (Å²) in [5.74, 6) is -0.427. The van der Waals surface area contributed by atoms with Gasteiger partial charge in [-0.1, -0.05) is 0 Å². The van der Waals surface area contributed by atoms with Crippen LogP contribution >= 0.6 is 11.8 Å². The molecule has 1 heterocycles. The molecule has 1 aliphatic heterocycles. The molecule has 1 fully saturated rings. The molecule has 0 spiro atoms. The van der Waals surface area contributed by atoms with Crippen LogP contribution in [-0.4, -0.2) is 51.8 Å². The number of amides is 1. The third-order valence-corrected chi connectivity index (χ3v) is 3.62. The number of thioether (sulfide) groups is 1. The van der Waals surface area contributed by atoms with E-state index in [1.807, 2.05) is 0 Å². The maximum Gasteiger partial charge on any atom is 0.446 e. The number of carbonyl (C=O) groups excluding carboxylic acids is 1. The SMILES string of the molecule is O=C(c1ccc(SC(F)(F)F)cc1)N1C[C@@H](O)[C@@H](O)C1. The van der Waals surface area contributed by atoms with Crippen LogP contribution < -0.4 is 0 Å². The molecule has 1 amide bonds. The van der Waals surface area contributed by atoms with Gasteiger partial charge in [0, 0.05) is 23.5 Å². The van der Waals surface area contributed by atoms with Crippen molar-refractivity contribution in [3.8, 4) is 0 Å². The molecule has 0 aromatic heterocycles. The number of benzene rings is 1. The Hall–Kier alpha value is -1.25. The van der Waals surface area contributed by atoms with E-state index in [0.29, 0.717) is 0 Å². The molecule has 1 aromatic rings. The topological polar surface area (TPSA) is 60.8 Å². The summed E-state index contributed by atoms with van der Waals surface area (Å²) in [7, 11) is 0. The Bertz CT molecular complexity index is 482. The second kappa shape index (κ2) is 5.63. The molecule has 0 radical (unpaired) electrons. The van der Waals surface area contributed by atoms with Crippen LogP contribution in [0.4, 0.5) is 13.2 Å². The Morgan fingerprint density at radius 2 is 1.65 bits per heavy atom. The van der Waals surface area contributed by atoms with Crippen molar-refractivity contribution in [2.24, 2.45) is 0 Å². The van der Waals surface area contributed by atoms with Crippen LogP contribution in [0.15, 0.2) is 29.2 Å². The first-order valence-electron chi connectivity index (χ1n) is 5.77. The van der Waals surface area contributed by atoms with Crippen molar-refractivity contribution in [1.29, 1.82) is 0 Å². The van der Waals surface area contributed by atoms with Crippen LogP contribution in [0.25, 0.3) is 0 Å². The van der Waals surface area contributed by atoms with E-state index in [-0.39, 0.29) is 35.3 Å². The Morgan fingerprint density at radius 1 is 1.15 bits per heavy atom. The summed E-state index contributed by atoms with van der Waals surface area (Å²) in [6.07, 6.45) is -1.97. The minimum absolute atomic E-state index is 0.00413. The van der Waals surface area contributed by atoms with Gasteiger partial charge in [-0.2, -0.15) is 13.2 Å². The number of carbonyl (C=O) groups is 1. The molecule has 0 unspecified atom stereocenters. The zero-order chi connectivity index (χ0) is 14.9. The highest BCUT2D eigenvalue weighted by Gasteiger charge is 2.33. The molecule has 1 saturated heterocycles. The summed E-state index contributed by atoms with van der Waals surface area (Å²) in [4.78, 5) is 13.3. The van der Waals surface area contributed by atoms with Gasteiger partial charge in [0.25, 0.3) is 5.91 Å². The van der Waals surface area contributed by atoms with Crippen LogP contribution in [0.3, 0.4) is 0 Å². The van der Waals surface area contributed by atoms with Gasteiger partial charge in [-0.15, -0.1) is 0 Å². The van der Waals surface area contributed by atoms with Crippen LogP contribution in [0.2, 0.25) is 0 Å². The maximum atomic E-state index is 12.2. The van der Waals surface area contributed by atoms with Gasteiger partial charge >= 0.3 is 5.51 Å². The lowest BCUT2D eigenvalue weighted by atomic mass is 10.2. The van der Waals surface area contributed by atoms with E-state index < -0.39 is 23.6 Å². The average molecular weight is 307 g/mol.